The smallest absolute Gasteiger partial charge is 0.251 e. The van der Waals surface area contributed by atoms with Crippen molar-refractivity contribution in [2.45, 2.75) is 44.6 Å². The Morgan fingerprint density at radius 1 is 1.38 bits per heavy atom. The molecule has 1 fully saturated rings. The van der Waals surface area contributed by atoms with Crippen molar-refractivity contribution in [1.29, 1.82) is 0 Å². The number of hydrogen-bond acceptors (Lipinski definition) is 3. The average molecular weight is 331 g/mol. The Hall–Kier alpha value is -0.840. The van der Waals surface area contributed by atoms with E-state index in [-0.39, 0.29) is 22.8 Å². The summed E-state index contributed by atoms with van der Waals surface area (Å²) >= 11 is 11.6. The van der Waals surface area contributed by atoms with Gasteiger partial charge in [0.15, 0.2) is 0 Å². The number of halogens is 2. The van der Waals surface area contributed by atoms with Gasteiger partial charge in [0, 0.05) is 12.1 Å². The molecule has 1 heterocycles. The van der Waals surface area contributed by atoms with E-state index in [1.54, 1.807) is 0 Å². The quantitative estimate of drug-likeness (QED) is 0.831. The fraction of sp³-hybridized carbons (Fsp3) is 0.600. The molecule has 116 valence electrons. The number of carbonyl (C=O) groups is 1. The van der Waals surface area contributed by atoms with Crippen LogP contribution in [0.5, 0.6) is 0 Å². The number of amides is 1. The summed E-state index contributed by atoms with van der Waals surface area (Å²) < 4.78 is 0. The number of aromatic nitrogens is 1. The average Bonchev–Trinajstić information content (AvgIpc) is 2.45. The van der Waals surface area contributed by atoms with Crippen LogP contribution in [-0.2, 0) is 0 Å². The number of hydrogen-bond donors (Lipinski definition) is 2. The van der Waals surface area contributed by atoms with Gasteiger partial charge in [-0.3, -0.25) is 4.79 Å². The van der Waals surface area contributed by atoms with Crippen LogP contribution in [0.25, 0.3) is 0 Å². The molecule has 2 N–H and O–H groups in total. The van der Waals surface area contributed by atoms with E-state index in [9.17, 15) is 9.90 Å². The molecule has 1 amide bonds. The second-order valence-electron chi connectivity index (χ2n) is 5.76. The minimum absolute atomic E-state index is 0.176. The Labute approximate surface area is 134 Å². The fourth-order valence-electron chi connectivity index (χ4n) is 2.74. The van der Waals surface area contributed by atoms with Crippen molar-refractivity contribution in [1.82, 2.24) is 10.3 Å². The molecule has 1 aliphatic rings. The number of rotatable bonds is 4. The first-order valence-electron chi connectivity index (χ1n) is 7.25. The van der Waals surface area contributed by atoms with E-state index in [4.69, 9.17) is 23.2 Å². The summed E-state index contributed by atoms with van der Waals surface area (Å²) in [4.78, 5) is 15.9. The molecule has 4 nitrogen and oxygen atoms in total. The molecule has 0 atom stereocenters. The van der Waals surface area contributed by atoms with Crippen LogP contribution in [0.15, 0.2) is 12.1 Å². The van der Waals surface area contributed by atoms with Gasteiger partial charge in [-0.25, -0.2) is 4.98 Å². The lowest BCUT2D eigenvalue weighted by Gasteiger charge is -2.35. The molecular formula is C15H20Cl2N2O2. The standard InChI is InChI=1S/C15H20Cl2N2O2/c1-2-10-3-5-15(21,6-4-10)9-18-14(20)11-7-12(16)19-13(17)8-11/h7-8,10,21H,2-6,9H2,1H3,(H,18,20). The summed E-state index contributed by atoms with van der Waals surface area (Å²) in [7, 11) is 0. The van der Waals surface area contributed by atoms with Gasteiger partial charge in [0.1, 0.15) is 10.3 Å². The lowest BCUT2D eigenvalue weighted by Crippen LogP contribution is -2.45. The molecule has 2 rings (SSSR count). The Morgan fingerprint density at radius 2 is 1.95 bits per heavy atom. The monoisotopic (exact) mass is 330 g/mol. The molecule has 1 aromatic heterocycles. The highest BCUT2D eigenvalue weighted by atomic mass is 35.5. The van der Waals surface area contributed by atoms with Crippen LogP contribution in [0, 0.1) is 5.92 Å². The molecular weight excluding hydrogens is 311 g/mol. The topological polar surface area (TPSA) is 62.2 Å². The van der Waals surface area contributed by atoms with Crippen LogP contribution in [0.4, 0.5) is 0 Å². The molecule has 0 saturated heterocycles. The van der Waals surface area contributed by atoms with Gasteiger partial charge in [0.25, 0.3) is 5.91 Å². The number of aliphatic hydroxyl groups is 1. The van der Waals surface area contributed by atoms with Crippen molar-refractivity contribution >= 4 is 29.1 Å². The van der Waals surface area contributed by atoms with Crippen molar-refractivity contribution < 1.29 is 9.90 Å². The molecule has 0 bridgehead atoms. The first-order chi connectivity index (χ1) is 9.92. The minimum Gasteiger partial charge on any atom is -0.388 e. The van der Waals surface area contributed by atoms with Crippen molar-refractivity contribution in [3.05, 3.63) is 28.0 Å². The van der Waals surface area contributed by atoms with Gasteiger partial charge in [0.2, 0.25) is 0 Å². The van der Waals surface area contributed by atoms with Gasteiger partial charge in [-0.2, -0.15) is 0 Å². The van der Waals surface area contributed by atoms with Crippen LogP contribution >= 0.6 is 23.2 Å². The zero-order valence-electron chi connectivity index (χ0n) is 12.0. The highest BCUT2D eigenvalue weighted by Crippen LogP contribution is 2.33. The van der Waals surface area contributed by atoms with Crippen LogP contribution < -0.4 is 5.32 Å². The number of nitrogens with one attached hydrogen (secondary N) is 1. The highest BCUT2D eigenvalue weighted by molar-refractivity contribution is 6.33. The molecule has 0 aromatic carbocycles. The summed E-state index contributed by atoms with van der Waals surface area (Å²) in [6.45, 7) is 2.42. The zero-order chi connectivity index (χ0) is 15.5. The summed E-state index contributed by atoms with van der Waals surface area (Å²) in [6.07, 6.45) is 4.62. The first-order valence-corrected chi connectivity index (χ1v) is 8.01. The lowest BCUT2D eigenvalue weighted by molar-refractivity contribution is -0.00786. The van der Waals surface area contributed by atoms with Gasteiger partial charge in [-0.05, 0) is 43.7 Å². The van der Waals surface area contributed by atoms with Crippen molar-refractivity contribution in [2.24, 2.45) is 5.92 Å². The van der Waals surface area contributed by atoms with E-state index >= 15 is 0 Å². The Balaban J connectivity index is 1.92. The van der Waals surface area contributed by atoms with Crippen LogP contribution in [0.2, 0.25) is 10.3 Å². The predicted molar refractivity (Wildman–Crippen MR) is 83.8 cm³/mol. The Morgan fingerprint density at radius 3 is 2.48 bits per heavy atom. The fourth-order valence-corrected chi connectivity index (χ4v) is 3.20. The van der Waals surface area contributed by atoms with E-state index in [0.29, 0.717) is 11.5 Å². The molecule has 0 aliphatic heterocycles. The van der Waals surface area contributed by atoms with Crippen LogP contribution in [-0.4, -0.2) is 28.1 Å². The third-order valence-electron chi connectivity index (χ3n) is 4.22. The van der Waals surface area contributed by atoms with Crippen LogP contribution in [0.3, 0.4) is 0 Å². The number of pyridine rings is 1. The maximum atomic E-state index is 12.1. The number of nitrogens with zero attached hydrogens (tertiary/aromatic N) is 1. The third-order valence-corrected chi connectivity index (χ3v) is 4.60. The first kappa shape index (κ1) is 16.5. The van der Waals surface area contributed by atoms with Gasteiger partial charge in [-0.15, -0.1) is 0 Å². The maximum Gasteiger partial charge on any atom is 0.251 e. The van der Waals surface area contributed by atoms with E-state index < -0.39 is 5.60 Å². The van der Waals surface area contributed by atoms with Gasteiger partial charge in [0.05, 0.1) is 5.60 Å². The highest BCUT2D eigenvalue weighted by Gasteiger charge is 2.32. The largest absolute Gasteiger partial charge is 0.388 e. The van der Waals surface area contributed by atoms with Gasteiger partial charge >= 0.3 is 0 Å². The molecule has 1 aliphatic carbocycles. The Bertz CT molecular complexity index is 494. The number of carbonyl (C=O) groups excluding carboxylic acids is 1. The van der Waals surface area contributed by atoms with Crippen LogP contribution in [0.1, 0.15) is 49.4 Å². The predicted octanol–water partition coefficient (Wildman–Crippen LogP) is 3.45. The third kappa shape index (κ3) is 4.56. The van der Waals surface area contributed by atoms with Crippen molar-refractivity contribution in [2.75, 3.05) is 6.54 Å². The van der Waals surface area contributed by atoms with Crippen molar-refractivity contribution in [3.63, 3.8) is 0 Å². The maximum absolute atomic E-state index is 12.1. The normalized spacial score (nSPS) is 25.6. The second kappa shape index (κ2) is 6.95. The van der Waals surface area contributed by atoms with Gasteiger partial charge < -0.3 is 10.4 Å². The van der Waals surface area contributed by atoms with E-state index in [2.05, 4.69) is 17.2 Å². The summed E-state index contributed by atoms with van der Waals surface area (Å²) in [6, 6.07) is 2.92. The zero-order valence-corrected chi connectivity index (χ0v) is 13.5. The lowest BCUT2D eigenvalue weighted by atomic mass is 9.78. The molecule has 21 heavy (non-hydrogen) atoms. The molecule has 1 saturated carbocycles. The van der Waals surface area contributed by atoms with E-state index in [0.717, 1.165) is 32.1 Å². The van der Waals surface area contributed by atoms with E-state index in [1.807, 2.05) is 0 Å². The molecule has 6 heteroatoms. The second-order valence-corrected chi connectivity index (χ2v) is 6.53. The molecule has 0 unspecified atom stereocenters. The van der Waals surface area contributed by atoms with E-state index in [1.165, 1.54) is 12.1 Å². The summed E-state index contributed by atoms with van der Waals surface area (Å²) in [5, 5.41) is 13.6. The molecule has 0 spiro atoms. The molecule has 0 radical (unpaired) electrons. The SMILES string of the molecule is CCC1CCC(O)(CNC(=O)c2cc(Cl)nc(Cl)c2)CC1. The minimum atomic E-state index is -0.804. The van der Waals surface area contributed by atoms with Gasteiger partial charge in [-0.1, -0.05) is 36.5 Å². The summed E-state index contributed by atoms with van der Waals surface area (Å²) in [5.74, 6) is 0.394. The Kier molecular flexibility index (Phi) is 5.47. The molecule has 1 aromatic rings. The summed E-state index contributed by atoms with van der Waals surface area (Å²) in [5.41, 5.74) is -0.451. The van der Waals surface area contributed by atoms with Crippen molar-refractivity contribution in [3.8, 4) is 0 Å².